The number of anilines is 1. The van der Waals surface area contributed by atoms with Crippen molar-refractivity contribution in [2.45, 2.75) is 10.9 Å². The third-order valence-electron chi connectivity index (χ3n) is 4.66. The second-order valence-electron chi connectivity index (χ2n) is 6.39. The quantitative estimate of drug-likeness (QED) is 0.690. The average molecular weight is 379 g/mol. The van der Waals surface area contributed by atoms with Crippen LogP contribution in [0.25, 0.3) is 0 Å². The molecule has 27 heavy (non-hydrogen) atoms. The summed E-state index contributed by atoms with van der Waals surface area (Å²) in [5.41, 5.74) is 3.12. The summed E-state index contributed by atoms with van der Waals surface area (Å²) in [6, 6.07) is 18.2. The fourth-order valence-corrected chi connectivity index (χ4v) is 3.88. The van der Waals surface area contributed by atoms with Crippen molar-refractivity contribution >= 4 is 23.4 Å². The van der Waals surface area contributed by atoms with E-state index in [1.54, 1.807) is 11.8 Å². The molecule has 6 nitrogen and oxygen atoms in total. The van der Waals surface area contributed by atoms with Crippen molar-refractivity contribution in [1.82, 2.24) is 20.1 Å². The molecule has 0 atom stereocenters. The largest absolute Gasteiger partial charge is 0.368 e. The monoisotopic (exact) mass is 379 g/mol. The topological polar surface area (TPSA) is 65.1 Å². The highest BCUT2D eigenvalue weighted by molar-refractivity contribution is 7.98. The van der Waals surface area contributed by atoms with E-state index in [2.05, 4.69) is 44.3 Å². The highest BCUT2D eigenvalue weighted by atomic mass is 32.2. The molecule has 1 aliphatic rings. The van der Waals surface area contributed by atoms with E-state index < -0.39 is 0 Å². The standard InChI is InChI=1S/C20H21N5OS/c26-19(25-12-10-24(11-13-25)18-4-2-1-3-5-18)17-8-6-16(7-9-17)14-27-20-21-15-22-23-20/h1-9,15H,10-14H2,(H,21,22,23). The fourth-order valence-electron chi connectivity index (χ4n) is 3.15. The Morgan fingerprint density at radius 2 is 1.74 bits per heavy atom. The number of amides is 1. The van der Waals surface area contributed by atoms with E-state index in [0.717, 1.165) is 48.2 Å². The lowest BCUT2D eigenvalue weighted by Gasteiger charge is -2.36. The number of piperazine rings is 1. The third-order valence-corrected chi connectivity index (χ3v) is 5.61. The summed E-state index contributed by atoms with van der Waals surface area (Å²) in [4.78, 5) is 21.1. The van der Waals surface area contributed by atoms with E-state index in [0.29, 0.717) is 0 Å². The first kappa shape index (κ1) is 17.6. The summed E-state index contributed by atoms with van der Waals surface area (Å²) < 4.78 is 0. The van der Waals surface area contributed by atoms with Gasteiger partial charge in [0.05, 0.1) is 0 Å². The van der Waals surface area contributed by atoms with Crippen molar-refractivity contribution in [3.63, 3.8) is 0 Å². The number of nitrogens with zero attached hydrogens (tertiary/aromatic N) is 4. The van der Waals surface area contributed by atoms with E-state index in [9.17, 15) is 4.79 Å². The molecule has 1 saturated heterocycles. The lowest BCUT2D eigenvalue weighted by molar-refractivity contribution is 0.0747. The maximum atomic E-state index is 12.8. The second-order valence-corrected chi connectivity index (χ2v) is 7.36. The van der Waals surface area contributed by atoms with Gasteiger partial charge < -0.3 is 9.80 Å². The van der Waals surface area contributed by atoms with E-state index >= 15 is 0 Å². The van der Waals surface area contributed by atoms with Gasteiger partial charge in [-0.15, -0.1) is 0 Å². The predicted molar refractivity (Wildman–Crippen MR) is 107 cm³/mol. The SMILES string of the molecule is O=C(c1ccc(CSc2ncn[nH]2)cc1)N1CCN(c2ccccc2)CC1. The van der Waals surface area contributed by atoms with Crippen LogP contribution < -0.4 is 4.90 Å². The number of carbonyl (C=O) groups is 1. The summed E-state index contributed by atoms with van der Waals surface area (Å²) in [6.07, 6.45) is 1.50. The van der Waals surface area contributed by atoms with Gasteiger partial charge in [-0.1, -0.05) is 42.1 Å². The summed E-state index contributed by atoms with van der Waals surface area (Å²) >= 11 is 1.59. The Balaban J connectivity index is 1.32. The van der Waals surface area contributed by atoms with Gasteiger partial charge in [0.1, 0.15) is 6.33 Å². The minimum absolute atomic E-state index is 0.108. The van der Waals surface area contributed by atoms with Gasteiger partial charge in [0.2, 0.25) is 0 Å². The van der Waals surface area contributed by atoms with Crippen LogP contribution in [0, 0.1) is 0 Å². The Labute approximate surface area is 162 Å². The summed E-state index contributed by atoms with van der Waals surface area (Å²) in [5.74, 6) is 0.900. The molecular weight excluding hydrogens is 358 g/mol. The van der Waals surface area contributed by atoms with Crippen LogP contribution in [0.1, 0.15) is 15.9 Å². The van der Waals surface area contributed by atoms with Crippen molar-refractivity contribution in [2.24, 2.45) is 0 Å². The van der Waals surface area contributed by atoms with Gasteiger partial charge >= 0.3 is 0 Å². The van der Waals surface area contributed by atoms with Crippen molar-refractivity contribution in [3.05, 3.63) is 72.1 Å². The minimum Gasteiger partial charge on any atom is -0.368 e. The van der Waals surface area contributed by atoms with Gasteiger partial charge in [0.15, 0.2) is 5.16 Å². The van der Waals surface area contributed by atoms with Gasteiger partial charge in [0, 0.05) is 43.2 Å². The van der Waals surface area contributed by atoms with E-state index in [1.165, 1.54) is 12.0 Å². The lowest BCUT2D eigenvalue weighted by atomic mass is 10.1. The number of hydrogen-bond donors (Lipinski definition) is 1. The molecule has 138 valence electrons. The van der Waals surface area contributed by atoms with Crippen molar-refractivity contribution in [1.29, 1.82) is 0 Å². The Morgan fingerprint density at radius 3 is 2.41 bits per heavy atom. The van der Waals surface area contributed by atoms with Crippen LogP contribution in [0.2, 0.25) is 0 Å². The molecule has 2 heterocycles. The Bertz CT molecular complexity index is 859. The van der Waals surface area contributed by atoms with Crippen LogP contribution in [0.15, 0.2) is 66.1 Å². The molecule has 1 aromatic heterocycles. The molecule has 1 aliphatic heterocycles. The molecule has 1 fully saturated rings. The van der Waals surface area contributed by atoms with E-state index in [-0.39, 0.29) is 5.91 Å². The molecule has 1 amide bonds. The van der Waals surface area contributed by atoms with Crippen LogP contribution in [0.4, 0.5) is 5.69 Å². The Morgan fingerprint density at radius 1 is 1.00 bits per heavy atom. The highest BCUT2D eigenvalue weighted by Crippen LogP contribution is 2.20. The van der Waals surface area contributed by atoms with E-state index in [1.807, 2.05) is 35.2 Å². The number of aromatic amines is 1. The van der Waals surface area contributed by atoms with Crippen molar-refractivity contribution < 1.29 is 4.79 Å². The van der Waals surface area contributed by atoms with Crippen LogP contribution in [-0.2, 0) is 5.75 Å². The molecule has 0 unspecified atom stereocenters. The maximum absolute atomic E-state index is 12.8. The maximum Gasteiger partial charge on any atom is 0.253 e. The highest BCUT2D eigenvalue weighted by Gasteiger charge is 2.22. The Kier molecular flexibility index (Phi) is 5.39. The van der Waals surface area contributed by atoms with Gasteiger partial charge in [-0.25, -0.2) is 4.98 Å². The number of nitrogens with one attached hydrogen (secondary N) is 1. The average Bonchev–Trinajstić information content (AvgIpc) is 3.27. The molecule has 0 bridgehead atoms. The first-order valence-electron chi connectivity index (χ1n) is 8.96. The van der Waals surface area contributed by atoms with Crippen molar-refractivity contribution in [2.75, 3.05) is 31.1 Å². The first-order valence-corrected chi connectivity index (χ1v) is 9.94. The normalized spacial score (nSPS) is 14.4. The minimum atomic E-state index is 0.108. The molecule has 2 aromatic carbocycles. The Hall–Kier alpha value is -2.80. The molecule has 0 spiro atoms. The van der Waals surface area contributed by atoms with E-state index in [4.69, 9.17) is 0 Å². The third kappa shape index (κ3) is 4.31. The van der Waals surface area contributed by atoms with Gasteiger partial charge in [-0.05, 0) is 29.8 Å². The molecule has 4 rings (SSSR count). The van der Waals surface area contributed by atoms with Crippen LogP contribution >= 0.6 is 11.8 Å². The lowest BCUT2D eigenvalue weighted by Crippen LogP contribution is -2.48. The number of para-hydroxylation sites is 1. The zero-order valence-electron chi connectivity index (χ0n) is 14.9. The molecule has 3 aromatic rings. The molecule has 0 radical (unpaired) electrons. The first-order chi connectivity index (χ1) is 13.3. The molecule has 1 N–H and O–H groups in total. The number of hydrogen-bond acceptors (Lipinski definition) is 5. The molecule has 7 heteroatoms. The summed E-state index contributed by atoms with van der Waals surface area (Å²) in [5, 5.41) is 7.47. The van der Waals surface area contributed by atoms with Crippen LogP contribution in [0.3, 0.4) is 0 Å². The van der Waals surface area contributed by atoms with Crippen molar-refractivity contribution in [3.8, 4) is 0 Å². The summed E-state index contributed by atoms with van der Waals surface area (Å²) in [6.45, 7) is 3.22. The number of rotatable bonds is 5. The predicted octanol–water partition coefficient (Wildman–Crippen LogP) is 3.06. The molecular formula is C20H21N5OS. The molecule has 0 saturated carbocycles. The number of carbonyl (C=O) groups excluding carboxylic acids is 1. The number of H-pyrrole nitrogens is 1. The van der Waals surface area contributed by atoms with Crippen LogP contribution in [-0.4, -0.2) is 52.2 Å². The van der Waals surface area contributed by atoms with Gasteiger partial charge in [-0.3, -0.25) is 9.89 Å². The smallest absolute Gasteiger partial charge is 0.253 e. The zero-order valence-corrected chi connectivity index (χ0v) is 15.7. The number of thioether (sulfide) groups is 1. The number of benzene rings is 2. The van der Waals surface area contributed by atoms with Gasteiger partial charge in [-0.2, -0.15) is 5.10 Å². The molecule has 0 aliphatic carbocycles. The number of aromatic nitrogens is 3. The second kappa shape index (κ2) is 8.26. The zero-order chi connectivity index (χ0) is 18.5. The fraction of sp³-hybridized carbons (Fsp3) is 0.250. The van der Waals surface area contributed by atoms with Crippen LogP contribution in [0.5, 0.6) is 0 Å². The van der Waals surface area contributed by atoms with Gasteiger partial charge in [0.25, 0.3) is 5.91 Å². The summed E-state index contributed by atoms with van der Waals surface area (Å²) in [7, 11) is 0.